The lowest BCUT2D eigenvalue weighted by Gasteiger charge is -2.16. The molecule has 0 spiro atoms. The second-order valence-electron chi connectivity index (χ2n) is 4.33. The Kier molecular flexibility index (Phi) is 4.38. The molecule has 2 fully saturated rings. The third-order valence-corrected chi connectivity index (χ3v) is 3.03. The second-order valence-corrected chi connectivity index (χ2v) is 4.33. The zero-order valence-electron chi connectivity index (χ0n) is 9.41. The van der Waals surface area contributed by atoms with Gasteiger partial charge in [-0.3, -0.25) is 0 Å². The predicted molar refractivity (Wildman–Crippen MR) is 57.0 cm³/mol. The third-order valence-electron chi connectivity index (χ3n) is 3.03. The van der Waals surface area contributed by atoms with E-state index in [1.165, 1.54) is 0 Å². The normalized spacial score (nSPS) is 36.2. The van der Waals surface area contributed by atoms with Gasteiger partial charge < -0.3 is 19.5 Å². The average Bonchev–Trinajstić information content (AvgIpc) is 2.85. The molecule has 2 aliphatic rings. The molecule has 0 aromatic heterocycles. The monoisotopic (exact) mass is 215 g/mol. The third kappa shape index (κ3) is 3.41. The van der Waals surface area contributed by atoms with Crippen molar-refractivity contribution in [3.8, 4) is 0 Å². The molecule has 0 bridgehead atoms. The van der Waals surface area contributed by atoms with E-state index < -0.39 is 0 Å². The lowest BCUT2D eigenvalue weighted by Crippen LogP contribution is -2.26. The van der Waals surface area contributed by atoms with Crippen molar-refractivity contribution in [2.75, 3.05) is 33.4 Å². The molecule has 4 heteroatoms. The Bertz CT molecular complexity index is 183. The molecule has 2 saturated heterocycles. The van der Waals surface area contributed by atoms with Gasteiger partial charge in [0.15, 0.2) is 0 Å². The molecule has 0 radical (unpaired) electrons. The Morgan fingerprint density at radius 1 is 1.27 bits per heavy atom. The molecule has 88 valence electrons. The number of hydrogen-bond donors (Lipinski definition) is 1. The van der Waals surface area contributed by atoms with Crippen LogP contribution in [0.4, 0.5) is 0 Å². The van der Waals surface area contributed by atoms with Crippen LogP contribution in [0, 0.1) is 0 Å². The summed E-state index contributed by atoms with van der Waals surface area (Å²) in [5, 5.41) is 3.14. The van der Waals surface area contributed by atoms with Crippen LogP contribution in [-0.2, 0) is 14.2 Å². The quantitative estimate of drug-likeness (QED) is 0.727. The number of nitrogens with one attached hydrogen (secondary N) is 1. The first kappa shape index (κ1) is 11.3. The van der Waals surface area contributed by atoms with Crippen LogP contribution in [0.3, 0.4) is 0 Å². The lowest BCUT2D eigenvalue weighted by molar-refractivity contribution is -0.0416. The fourth-order valence-corrected chi connectivity index (χ4v) is 2.17. The number of likely N-dealkylation sites (N-methyl/N-ethyl adjacent to an activating group) is 1. The van der Waals surface area contributed by atoms with Crippen molar-refractivity contribution in [3.63, 3.8) is 0 Å². The van der Waals surface area contributed by atoms with E-state index in [1.54, 1.807) is 0 Å². The van der Waals surface area contributed by atoms with Crippen molar-refractivity contribution in [1.29, 1.82) is 0 Å². The van der Waals surface area contributed by atoms with Crippen molar-refractivity contribution in [3.05, 3.63) is 0 Å². The van der Waals surface area contributed by atoms with Crippen molar-refractivity contribution >= 4 is 0 Å². The van der Waals surface area contributed by atoms with Gasteiger partial charge in [-0.2, -0.15) is 0 Å². The largest absolute Gasteiger partial charge is 0.379 e. The van der Waals surface area contributed by atoms with Crippen LogP contribution < -0.4 is 5.32 Å². The molecule has 3 atom stereocenters. The summed E-state index contributed by atoms with van der Waals surface area (Å²) in [4.78, 5) is 0. The molecule has 0 amide bonds. The molecule has 0 saturated carbocycles. The van der Waals surface area contributed by atoms with Gasteiger partial charge in [0.25, 0.3) is 0 Å². The van der Waals surface area contributed by atoms with Crippen molar-refractivity contribution < 1.29 is 14.2 Å². The smallest absolute Gasteiger partial charge is 0.0831 e. The van der Waals surface area contributed by atoms with E-state index in [0.717, 1.165) is 45.6 Å². The number of rotatable bonds is 5. The lowest BCUT2D eigenvalue weighted by atomic mass is 10.2. The number of ether oxygens (including phenoxy) is 3. The molecular weight excluding hydrogens is 194 g/mol. The van der Waals surface area contributed by atoms with Gasteiger partial charge in [0, 0.05) is 13.2 Å². The Morgan fingerprint density at radius 3 is 2.87 bits per heavy atom. The van der Waals surface area contributed by atoms with E-state index in [4.69, 9.17) is 14.2 Å². The van der Waals surface area contributed by atoms with Gasteiger partial charge in [0.05, 0.1) is 31.5 Å². The molecule has 0 aliphatic carbocycles. The van der Waals surface area contributed by atoms with Gasteiger partial charge in [0.2, 0.25) is 0 Å². The van der Waals surface area contributed by atoms with E-state index in [1.807, 2.05) is 7.05 Å². The maximum atomic E-state index is 5.83. The maximum absolute atomic E-state index is 5.83. The molecule has 2 rings (SSSR count). The summed E-state index contributed by atoms with van der Waals surface area (Å²) < 4.78 is 16.8. The summed E-state index contributed by atoms with van der Waals surface area (Å²) in [6.07, 6.45) is 4.28. The molecule has 2 heterocycles. The molecule has 0 aromatic rings. The molecular formula is C11H21NO3. The first-order valence-corrected chi connectivity index (χ1v) is 5.88. The van der Waals surface area contributed by atoms with Crippen LogP contribution in [0.2, 0.25) is 0 Å². The average molecular weight is 215 g/mol. The Labute approximate surface area is 91.3 Å². The second kappa shape index (κ2) is 5.80. The SMILES string of the molecule is CNCC1CCC(COC2CCOC2)O1. The molecule has 2 aliphatic heterocycles. The van der Waals surface area contributed by atoms with E-state index >= 15 is 0 Å². The fraction of sp³-hybridized carbons (Fsp3) is 1.00. The van der Waals surface area contributed by atoms with E-state index in [-0.39, 0.29) is 0 Å². The van der Waals surface area contributed by atoms with Crippen LogP contribution in [-0.4, -0.2) is 51.7 Å². The summed E-state index contributed by atoms with van der Waals surface area (Å²) in [5.74, 6) is 0. The molecule has 3 unspecified atom stereocenters. The molecule has 0 aromatic carbocycles. The van der Waals surface area contributed by atoms with Crippen molar-refractivity contribution in [1.82, 2.24) is 5.32 Å². The Balaban J connectivity index is 1.59. The van der Waals surface area contributed by atoms with Crippen LogP contribution in [0.1, 0.15) is 19.3 Å². The number of hydrogen-bond acceptors (Lipinski definition) is 4. The zero-order valence-corrected chi connectivity index (χ0v) is 9.41. The van der Waals surface area contributed by atoms with Crippen LogP contribution in [0.15, 0.2) is 0 Å². The summed E-state index contributed by atoms with van der Waals surface area (Å²) >= 11 is 0. The van der Waals surface area contributed by atoms with E-state index in [9.17, 15) is 0 Å². The first-order valence-electron chi connectivity index (χ1n) is 5.88. The van der Waals surface area contributed by atoms with Crippen molar-refractivity contribution in [2.45, 2.75) is 37.6 Å². The highest BCUT2D eigenvalue weighted by molar-refractivity contribution is 4.75. The van der Waals surface area contributed by atoms with Crippen LogP contribution in [0.25, 0.3) is 0 Å². The first-order chi connectivity index (χ1) is 7.38. The zero-order chi connectivity index (χ0) is 10.5. The minimum atomic E-state index is 0.295. The summed E-state index contributed by atoms with van der Waals surface area (Å²) in [6.45, 7) is 3.28. The highest BCUT2D eigenvalue weighted by Crippen LogP contribution is 2.20. The minimum absolute atomic E-state index is 0.295. The van der Waals surface area contributed by atoms with Crippen molar-refractivity contribution in [2.24, 2.45) is 0 Å². The molecule has 15 heavy (non-hydrogen) atoms. The summed E-state index contributed by atoms with van der Waals surface area (Å²) in [7, 11) is 1.96. The standard InChI is InChI=1S/C11H21NO3/c1-12-6-9-2-3-11(15-9)8-14-10-4-5-13-7-10/h9-12H,2-8H2,1H3. The topological polar surface area (TPSA) is 39.7 Å². The van der Waals surface area contributed by atoms with Gasteiger partial charge in [-0.1, -0.05) is 0 Å². The minimum Gasteiger partial charge on any atom is -0.379 e. The Hall–Kier alpha value is -0.160. The van der Waals surface area contributed by atoms with Gasteiger partial charge >= 0.3 is 0 Å². The highest BCUT2D eigenvalue weighted by atomic mass is 16.6. The summed E-state index contributed by atoms with van der Waals surface area (Å²) in [6, 6.07) is 0. The van der Waals surface area contributed by atoms with Gasteiger partial charge in [-0.25, -0.2) is 0 Å². The summed E-state index contributed by atoms with van der Waals surface area (Å²) in [5.41, 5.74) is 0. The van der Waals surface area contributed by atoms with Crippen LogP contribution in [0.5, 0.6) is 0 Å². The Morgan fingerprint density at radius 2 is 2.13 bits per heavy atom. The van der Waals surface area contributed by atoms with Gasteiger partial charge in [-0.05, 0) is 26.3 Å². The van der Waals surface area contributed by atoms with E-state index in [0.29, 0.717) is 18.3 Å². The van der Waals surface area contributed by atoms with Gasteiger partial charge in [-0.15, -0.1) is 0 Å². The van der Waals surface area contributed by atoms with Crippen LogP contribution >= 0.6 is 0 Å². The molecule has 1 N–H and O–H groups in total. The van der Waals surface area contributed by atoms with Gasteiger partial charge in [0.1, 0.15) is 0 Å². The highest BCUT2D eigenvalue weighted by Gasteiger charge is 2.26. The van der Waals surface area contributed by atoms with E-state index in [2.05, 4.69) is 5.32 Å². The molecule has 4 nitrogen and oxygen atoms in total. The maximum Gasteiger partial charge on any atom is 0.0831 e. The fourth-order valence-electron chi connectivity index (χ4n) is 2.17. The predicted octanol–water partition coefficient (Wildman–Crippen LogP) is 0.559.